The van der Waals surface area contributed by atoms with Crippen LogP contribution in [0.25, 0.3) is 21.8 Å². The number of thioether (sulfide) groups is 1. The number of benzene rings is 3. The van der Waals surface area contributed by atoms with Crippen molar-refractivity contribution >= 4 is 45.2 Å². The van der Waals surface area contributed by atoms with Gasteiger partial charge in [-0.25, -0.2) is 10.4 Å². The maximum absolute atomic E-state index is 12.1. The van der Waals surface area contributed by atoms with Gasteiger partial charge in [-0.2, -0.15) is 5.10 Å². The van der Waals surface area contributed by atoms with Gasteiger partial charge >= 0.3 is 0 Å². The lowest BCUT2D eigenvalue weighted by Crippen LogP contribution is -2.21. The van der Waals surface area contributed by atoms with Gasteiger partial charge in [-0.15, -0.1) is 0 Å². The molecule has 3 aromatic carbocycles. The Labute approximate surface area is 160 Å². The molecule has 0 bridgehead atoms. The van der Waals surface area contributed by atoms with E-state index in [2.05, 4.69) is 44.8 Å². The fourth-order valence-electron chi connectivity index (χ4n) is 2.79. The average Bonchev–Trinajstić information content (AvgIpc) is 3.13. The molecular weight excluding hydrogens is 356 g/mol. The number of aromatic amines is 1. The number of amides is 1. The van der Waals surface area contributed by atoms with Crippen molar-refractivity contribution in [2.24, 2.45) is 5.10 Å². The number of nitrogens with zero attached hydrogens (tertiary/aromatic N) is 2. The molecule has 0 aliphatic rings. The summed E-state index contributed by atoms with van der Waals surface area (Å²) >= 11 is 1.36. The van der Waals surface area contributed by atoms with E-state index in [1.807, 2.05) is 49.4 Å². The zero-order valence-electron chi connectivity index (χ0n) is 14.8. The first-order valence-corrected chi connectivity index (χ1v) is 9.57. The Morgan fingerprint density at radius 2 is 1.85 bits per heavy atom. The van der Waals surface area contributed by atoms with Crippen LogP contribution in [0.4, 0.5) is 0 Å². The number of hydrogen-bond acceptors (Lipinski definition) is 4. The first-order valence-electron chi connectivity index (χ1n) is 8.59. The van der Waals surface area contributed by atoms with Crippen LogP contribution in [0.15, 0.2) is 77.0 Å². The topological polar surface area (TPSA) is 70.1 Å². The molecule has 134 valence electrons. The minimum absolute atomic E-state index is 0.166. The molecule has 1 heterocycles. The van der Waals surface area contributed by atoms with E-state index in [1.54, 1.807) is 0 Å². The van der Waals surface area contributed by atoms with Crippen molar-refractivity contribution < 1.29 is 4.79 Å². The summed E-state index contributed by atoms with van der Waals surface area (Å²) in [5.41, 5.74) is 6.23. The van der Waals surface area contributed by atoms with Gasteiger partial charge in [0.2, 0.25) is 0 Å². The molecule has 1 aromatic heterocycles. The highest BCUT2D eigenvalue weighted by molar-refractivity contribution is 7.99. The highest BCUT2D eigenvalue weighted by atomic mass is 32.2. The average molecular weight is 374 g/mol. The highest BCUT2D eigenvalue weighted by Gasteiger charge is 2.07. The van der Waals surface area contributed by atoms with Crippen molar-refractivity contribution in [2.45, 2.75) is 12.1 Å². The summed E-state index contributed by atoms with van der Waals surface area (Å²) in [6, 6.07) is 22.1. The van der Waals surface area contributed by atoms with Gasteiger partial charge in [0.05, 0.1) is 22.5 Å². The summed E-state index contributed by atoms with van der Waals surface area (Å²) < 4.78 is 0. The molecule has 0 unspecified atom stereocenters. The monoisotopic (exact) mass is 374 g/mol. The second kappa shape index (κ2) is 7.63. The molecule has 0 aliphatic carbocycles. The lowest BCUT2D eigenvalue weighted by molar-refractivity contribution is -0.118. The second-order valence-electron chi connectivity index (χ2n) is 6.14. The van der Waals surface area contributed by atoms with Gasteiger partial charge in [0.15, 0.2) is 5.16 Å². The number of aromatic nitrogens is 2. The summed E-state index contributed by atoms with van der Waals surface area (Å²) in [6.45, 7) is 1.89. The zero-order valence-corrected chi connectivity index (χ0v) is 15.6. The molecule has 0 spiro atoms. The fourth-order valence-corrected chi connectivity index (χ4v) is 3.47. The van der Waals surface area contributed by atoms with Crippen LogP contribution in [-0.4, -0.2) is 27.3 Å². The van der Waals surface area contributed by atoms with E-state index >= 15 is 0 Å². The van der Waals surface area contributed by atoms with Crippen molar-refractivity contribution in [3.8, 4) is 0 Å². The van der Waals surface area contributed by atoms with Crippen molar-refractivity contribution in [3.63, 3.8) is 0 Å². The third-order valence-corrected chi connectivity index (χ3v) is 5.10. The number of fused-ring (bicyclic) bond motifs is 2. The van der Waals surface area contributed by atoms with Crippen LogP contribution >= 0.6 is 11.8 Å². The van der Waals surface area contributed by atoms with Crippen molar-refractivity contribution in [2.75, 3.05) is 5.75 Å². The second-order valence-corrected chi connectivity index (χ2v) is 7.11. The minimum atomic E-state index is -0.166. The number of imidazole rings is 1. The van der Waals surface area contributed by atoms with Crippen molar-refractivity contribution in [1.29, 1.82) is 0 Å². The number of hydrazone groups is 1. The maximum atomic E-state index is 12.1. The summed E-state index contributed by atoms with van der Waals surface area (Å²) in [7, 11) is 0. The summed E-state index contributed by atoms with van der Waals surface area (Å²) in [4.78, 5) is 19.7. The SMILES string of the molecule is CC(=NNC(=O)CSc1nc2ccccc2[nH]1)c1ccc2ccccc2c1. The van der Waals surface area contributed by atoms with Gasteiger partial charge in [0.1, 0.15) is 0 Å². The number of rotatable bonds is 5. The smallest absolute Gasteiger partial charge is 0.250 e. The molecule has 27 heavy (non-hydrogen) atoms. The Balaban J connectivity index is 1.38. The van der Waals surface area contributed by atoms with Crippen LogP contribution in [0.5, 0.6) is 0 Å². The van der Waals surface area contributed by atoms with Crippen LogP contribution in [0.3, 0.4) is 0 Å². The van der Waals surface area contributed by atoms with Crippen LogP contribution in [-0.2, 0) is 4.79 Å². The minimum Gasteiger partial charge on any atom is -0.333 e. The van der Waals surface area contributed by atoms with E-state index in [0.29, 0.717) is 0 Å². The molecule has 2 N–H and O–H groups in total. The van der Waals surface area contributed by atoms with E-state index in [4.69, 9.17) is 0 Å². The molecule has 1 amide bonds. The third kappa shape index (κ3) is 4.01. The summed E-state index contributed by atoms with van der Waals surface area (Å²) in [5.74, 6) is 0.0783. The standard InChI is InChI=1S/C21H18N4OS/c1-14(16-11-10-15-6-2-3-7-17(15)12-16)24-25-20(26)13-27-21-22-18-8-4-5-9-19(18)23-21/h2-12H,13H2,1H3,(H,22,23)(H,25,26). The first kappa shape index (κ1) is 17.3. The molecule has 4 aromatic rings. The molecule has 0 saturated carbocycles. The van der Waals surface area contributed by atoms with Crippen LogP contribution < -0.4 is 5.43 Å². The molecule has 0 atom stereocenters. The van der Waals surface area contributed by atoms with Crippen LogP contribution in [0.2, 0.25) is 0 Å². The molecule has 0 fully saturated rings. The predicted octanol–water partition coefficient (Wildman–Crippen LogP) is 4.35. The Kier molecular flexibility index (Phi) is 4.89. The summed E-state index contributed by atoms with van der Waals surface area (Å²) in [6.07, 6.45) is 0. The number of carbonyl (C=O) groups excluding carboxylic acids is 1. The Morgan fingerprint density at radius 1 is 1.07 bits per heavy atom. The molecule has 0 saturated heterocycles. The molecular formula is C21H18N4OS. The van der Waals surface area contributed by atoms with Gasteiger partial charge in [-0.1, -0.05) is 60.3 Å². The van der Waals surface area contributed by atoms with Crippen LogP contribution in [0.1, 0.15) is 12.5 Å². The van der Waals surface area contributed by atoms with E-state index in [0.717, 1.165) is 32.9 Å². The Morgan fingerprint density at radius 3 is 2.70 bits per heavy atom. The van der Waals surface area contributed by atoms with E-state index in [9.17, 15) is 4.79 Å². The quantitative estimate of drug-likeness (QED) is 0.310. The molecule has 5 nitrogen and oxygen atoms in total. The molecule has 6 heteroatoms. The first-order chi connectivity index (χ1) is 13.2. The largest absolute Gasteiger partial charge is 0.333 e. The van der Waals surface area contributed by atoms with Gasteiger partial charge in [-0.05, 0) is 41.5 Å². The lowest BCUT2D eigenvalue weighted by Gasteiger charge is -2.04. The number of H-pyrrole nitrogens is 1. The number of carbonyl (C=O) groups is 1. The van der Waals surface area contributed by atoms with Gasteiger partial charge in [-0.3, -0.25) is 4.79 Å². The maximum Gasteiger partial charge on any atom is 0.250 e. The zero-order chi connectivity index (χ0) is 18.6. The number of nitrogens with one attached hydrogen (secondary N) is 2. The lowest BCUT2D eigenvalue weighted by atomic mass is 10.0. The molecule has 0 radical (unpaired) electrons. The normalized spacial score (nSPS) is 11.8. The predicted molar refractivity (Wildman–Crippen MR) is 111 cm³/mol. The van der Waals surface area contributed by atoms with E-state index in [-0.39, 0.29) is 11.7 Å². The highest BCUT2D eigenvalue weighted by Crippen LogP contribution is 2.19. The Bertz CT molecular complexity index is 1120. The molecule has 0 aliphatic heterocycles. The van der Waals surface area contributed by atoms with Gasteiger partial charge < -0.3 is 4.98 Å². The summed E-state index contributed by atoms with van der Waals surface area (Å²) in [5, 5.41) is 7.28. The van der Waals surface area contributed by atoms with Crippen molar-refractivity contribution in [3.05, 3.63) is 72.3 Å². The van der Waals surface area contributed by atoms with E-state index < -0.39 is 0 Å². The molecule has 4 rings (SSSR count). The number of para-hydroxylation sites is 2. The van der Waals surface area contributed by atoms with E-state index in [1.165, 1.54) is 17.1 Å². The van der Waals surface area contributed by atoms with Crippen molar-refractivity contribution in [1.82, 2.24) is 15.4 Å². The van der Waals surface area contributed by atoms with Crippen LogP contribution in [0, 0.1) is 0 Å². The van der Waals surface area contributed by atoms with Gasteiger partial charge in [0, 0.05) is 0 Å². The third-order valence-electron chi connectivity index (χ3n) is 4.22. The Hall–Kier alpha value is -3.12. The number of hydrogen-bond donors (Lipinski definition) is 2. The fraction of sp³-hybridized carbons (Fsp3) is 0.0952. The van der Waals surface area contributed by atoms with Gasteiger partial charge in [0.25, 0.3) is 5.91 Å².